The predicted molar refractivity (Wildman–Crippen MR) is 118 cm³/mol. The summed E-state index contributed by atoms with van der Waals surface area (Å²) in [6, 6.07) is 10.6. The van der Waals surface area contributed by atoms with E-state index < -0.39 is 22.7 Å². The number of nitrogens with zero attached hydrogens (tertiary/aromatic N) is 3. The Morgan fingerprint density at radius 1 is 1.24 bits per heavy atom. The first-order valence-corrected chi connectivity index (χ1v) is 10.5. The Morgan fingerprint density at radius 2 is 1.88 bits per heavy atom. The molecule has 1 amide bonds. The second-order valence-corrected chi connectivity index (χ2v) is 8.11. The third-order valence-corrected chi connectivity index (χ3v) is 5.52. The second kappa shape index (κ2) is 10.1. The summed E-state index contributed by atoms with van der Waals surface area (Å²) in [5.74, 6) is -0.179. The molecular weight excluding hydrogens is 461 g/mol. The maximum absolute atomic E-state index is 13.1. The number of likely N-dealkylation sites (N-methyl/N-ethyl adjacent to an activating group) is 1. The van der Waals surface area contributed by atoms with Crippen LogP contribution in [0.1, 0.15) is 24.0 Å². The molecule has 0 radical (unpaired) electrons. The Kier molecular flexibility index (Phi) is 7.47. The minimum atomic E-state index is -4.49. The molecule has 1 aliphatic heterocycles. The number of carbonyl (C=O) groups excluding carboxylic acids is 1. The fourth-order valence-electron chi connectivity index (χ4n) is 3.68. The summed E-state index contributed by atoms with van der Waals surface area (Å²) in [7, 11) is 1.65. The first-order chi connectivity index (χ1) is 15.5. The molecule has 1 aliphatic rings. The molecule has 0 unspecified atom stereocenters. The van der Waals surface area contributed by atoms with E-state index in [1.807, 2.05) is 12.1 Å². The van der Waals surface area contributed by atoms with Gasteiger partial charge in [0, 0.05) is 30.8 Å². The Bertz CT molecular complexity index is 1030. The topological polar surface area (TPSA) is 78.7 Å². The first-order valence-electron chi connectivity index (χ1n) is 10.1. The summed E-state index contributed by atoms with van der Waals surface area (Å²) in [5, 5.41) is 14.6. The molecule has 11 heteroatoms. The lowest BCUT2D eigenvalue weighted by atomic mass is 10.1. The van der Waals surface area contributed by atoms with Gasteiger partial charge < -0.3 is 15.1 Å². The third kappa shape index (κ3) is 6.38. The van der Waals surface area contributed by atoms with Gasteiger partial charge in [-0.05, 0) is 54.8 Å². The van der Waals surface area contributed by atoms with Crippen molar-refractivity contribution in [3.63, 3.8) is 0 Å². The lowest BCUT2D eigenvalue weighted by Crippen LogP contribution is -2.44. The minimum absolute atomic E-state index is 0.0375. The number of benzene rings is 2. The van der Waals surface area contributed by atoms with Gasteiger partial charge in [-0.25, -0.2) is 0 Å². The molecule has 7 nitrogen and oxygen atoms in total. The van der Waals surface area contributed by atoms with Crippen LogP contribution in [-0.2, 0) is 17.5 Å². The number of alkyl halides is 3. The van der Waals surface area contributed by atoms with E-state index in [0.717, 1.165) is 23.9 Å². The molecule has 0 aliphatic carbocycles. The fourth-order valence-corrected chi connectivity index (χ4v) is 3.80. The number of carbonyl (C=O) groups is 1. The van der Waals surface area contributed by atoms with Crippen molar-refractivity contribution in [3.05, 3.63) is 86.8 Å². The zero-order valence-corrected chi connectivity index (χ0v) is 18.4. The van der Waals surface area contributed by atoms with Crippen molar-refractivity contribution >= 4 is 23.2 Å². The Labute approximate surface area is 193 Å². The smallest absolute Gasteiger partial charge is 0.341 e. The van der Waals surface area contributed by atoms with E-state index in [2.05, 4.69) is 5.32 Å². The van der Waals surface area contributed by atoms with Crippen molar-refractivity contribution in [1.82, 2.24) is 9.80 Å². The highest BCUT2D eigenvalue weighted by Crippen LogP contribution is 2.31. The van der Waals surface area contributed by atoms with Crippen molar-refractivity contribution in [2.75, 3.05) is 18.9 Å². The van der Waals surface area contributed by atoms with Gasteiger partial charge in [0.15, 0.2) is 5.82 Å². The molecule has 1 atom stereocenters. The van der Waals surface area contributed by atoms with E-state index in [4.69, 9.17) is 11.6 Å². The molecule has 1 saturated heterocycles. The van der Waals surface area contributed by atoms with Crippen LogP contribution in [0.3, 0.4) is 0 Å². The largest absolute Gasteiger partial charge is 0.416 e. The van der Waals surface area contributed by atoms with E-state index in [9.17, 15) is 28.1 Å². The average Bonchev–Trinajstić information content (AvgIpc) is 3.23. The molecule has 0 aromatic heterocycles. The maximum atomic E-state index is 13.1. The normalized spacial score (nSPS) is 16.6. The molecule has 1 heterocycles. The minimum Gasteiger partial charge on any atom is -0.341 e. The highest BCUT2D eigenvalue weighted by atomic mass is 35.5. The molecule has 176 valence electrons. The molecule has 0 bridgehead atoms. The Morgan fingerprint density at radius 3 is 2.45 bits per heavy atom. The summed E-state index contributed by atoms with van der Waals surface area (Å²) in [5.41, 5.74) is 0.290. The molecule has 3 rings (SSSR count). The summed E-state index contributed by atoms with van der Waals surface area (Å²) in [4.78, 5) is 26.8. The summed E-state index contributed by atoms with van der Waals surface area (Å²) in [6.07, 6.45) is -2.63. The summed E-state index contributed by atoms with van der Waals surface area (Å²) in [6.45, 7) is 0.722. The van der Waals surface area contributed by atoms with Crippen LogP contribution in [0, 0.1) is 10.1 Å². The lowest BCUT2D eigenvalue weighted by Gasteiger charge is -2.30. The van der Waals surface area contributed by atoms with E-state index >= 15 is 0 Å². The van der Waals surface area contributed by atoms with E-state index in [1.165, 1.54) is 17.0 Å². The van der Waals surface area contributed by atoms with Gasteiger partial charge in [0.1, 0.15) is 6.04 Å². The van der Waals surface area contributed by atoms with E-state index in [-0.39, 0.29) is 17.4 Å². The van der Waals surface area contributed by atoms with Crippen molar-refractivity contribution in [1.29, 1.82) is 0 Å². The number of halogens is 4. The van der Waals surface area contributed by atoms with Crippen molar-refractivity contribution < 1.29 is 22.9 Å². The Hall–Kier alpha value is -3.27. The highest BCUT2D eigenvalue weighted by Gasteiger charge is 2.35. The van der Waals surface area contributed by atoms with Crippen LogP contribution in [0.15, 0.2) is 60.6 Å². The highest BCUT2D eigenvalue weighted by molar-refractivity contribution is 6.30. The van der Waals surface area contributed by atoms with Gasteiger partial charge in [-0.15, -0.1) is 0 Å². The average molecular weight is 483 g/mol. The number of anilines is 1. The number of rotatable bonds is 7. The zero-order valence-electron chi connectivity index (χ0n) is 17.7. The van der Waals surface area contributed by atoms with Crippen LogP contribution < -0.4 is 5.32 Å². The quantitative estimate of drug-likeness (QED) is 0.445. The molecule has 0 spiro atoms. The maximum Gasteiger partial charge on any atom is 0.416 e. The number of likely N-dealkylation sites (tertiary alicyclic amines) is 1. The van der Waals surface area contributed by atoms with Crippen LogP contribution in [0.2, 0.25) is 5.02 Å². The van der Waals surface area contributed by atoms with Gasteiger partial charge in [0.25, 0.3) is 6.20 Å². The molecule has 33 heavy (non-hydrogen) atoms. The predicted octanol–water partition coefficient (Wildman–Crippen LogP) is 4.97. The van der Waals surface area contributed by atoms with Crippen LogP contribution in [0.4, 0.5) is 18.9 Å². The monoisotopic (exact) mass is 482 g/mol. The van der Waals surface area contributed by atoms with Gasteiger partial charge >= 0.3 is 6.18 Å². The molecule has 2 aromatic rings. The number of hydrogen-bond donors (Lipinski definition) is 1. The van der Waals surface area contributed by atoms with Crippen molar-refractivity contribution in [2.45, 2.75) is 31.6 Å². The zero-order chi connectivity index (χ0) is 24.2. The SMILES string of the molecule is CN(Cc1ccc(Cl)cc1)C(=O)[C@H]1CCCN1C(=C[N+](=O)[O-])Nc1ccc(C(F)(F)F)cc1. The molecule has 1 fully saturated rings. The first kappa shape index (κ1) is 24.4. The fraction of sp³-hybridized carbons (Fsp3) is 0.318. The van der Waals surface area contributed by atoms with Crippen molar-refractivity contribution in [2.24, 2.45) is 0 Å². The molecular formula is C22H22ClF3N4O3. The van der Waals surface area contributed by atoms with Crippen LogP contribution in [0.5, 0.6) is 0 Å². The van der Waals surface area contributed by atoms with Crippen molar-refractivity contribution in [3.8, 4) is 0 Å². The number of nitrogens with one attached hydrogen (secondary N) is 1. The van der Waals surface area contributed by atoms with Gasteiger partial charge in [-0.3, -0.25) is 14.9 Å². The molecule has 2 aromatic carbocycles. The molecule has 1 N–H and O–H groups in total. The van der Waals surface area contributed by atoms with Gasteiger partial charge in [-0.2, -0.15) is 13.2 Å². The van der Waals surface area contributed by atoms with Gasteiger partial charge in [0.2, 0.25) is 5.91 Å². The standard InChI is InChI=1S/C22H22ClF3N4O3/c1-28(13-15-4-8-17(23)9-5-15)21(31)19-3-2-12-29(19)20(14-30(32)33)27-18-10-6-16(7-11-18)22(24,25)26/h4-11,14,19,27H,2-3,12-13H2,1H3/t19-/m1/s1. The van der Waals surface area contributed by atoms with Gasteiger partial charge in [-0.1, -0.05) is 23.7 Å². The van der Waals surface area contributed by atoms with Crippen LogP contribution in [0.25, 0.3) is 0 Å². The third-order valence-electron chi connectivity index (χ3n) is 5.27. The summed E-state index contributed by atoms with van der Waals surface area (Å²) >= 11 is 5.90. The lowest BCUT2D eigenvalue weighted by molar-refractivity contribution is -0.404. The van der Waals surface area contributed by atoms with E-state index in [1.54, 1.807) is 24.1 Å². The summed E-state index contributed by atoms with van der Waals surface area (Å²) < 4.78 is 38.4. The van der Waals surface area contributed by atoms with Crippen LogP contribution >= 0.6 is 11.6 Å². The second-order valence-electron chi connectivity index (χ2n) is 7.67. The number of nitro groups is 1. The number of amides is 1. The Balaban J connectivity index is 1.77. The number of hydrogen-bond acceptors (Lipinski definition) is 5. The van der Waals surface area contributed by atoms with Crippen LogP contribution in [-0.4, -0.2) is 40.3 Å². The van der Waals surface area contributed by atoms with Gasteiger partial charge in [0.05, 0.1) is 10.5 Å². The molecule has 0 saturated carbocycles. The van der Waals surface area contributed by atoms with E-state index in [0.29, 0.717) is 31.0 Å².